The Morgan fingerprint density at radius 2 is 1.94 bits per heavy atom. The van der Waals surface area contributed by atoms with E-state index in [0.29, 0.717) is 0 Å². The van der Waals surface area contributed by atoms with Crippen molar-refractivity contribution < 1.29 is 9.53 Å². The van der Waals surface area contributed by atoms with Crippen molar-refractivity contribution in [1.29, 1.82) is 0 Å². The van der Waals surface area contributed by atoms with E-state index in [2.05, 4.69) is 10.2 Å². The Morgan fingerprint density at radius 3 is 2.56 bits per heavy atom. The van der Waals surface area contributed by atoms with Gasteiger partial charge in [-0.3, -0.25) is 0 Å². The molecule has 1 aliphatic heterocycles. The summed E-state index contributed by atoms with van der Waals surface area (Å²) >= 11 is 0. The van der Waals surface area contributed by atoms with E-state index in [-0.39, 0.29) is 6.09 Å². The van der Waals surface area contributed by atoms with Crippen LogP contribution in [0.4, 0.5) is 4.79 Å². The zero-order valence-corrected chi connectivity index (χ0v) is 12.2. The molecule has 0 aliphatic carbocycles. The molecule has 0 radical (unpaired) electrons. The summed E-state index contributed by atoms with van der Waals surface area (Å²) in [7, 11) is 1.96. The van der Waals surface area contributed by atoms with Gasteiger partial charge in [0, 0.05) is 32.7 Å². The normalized spacial score (nSPS) is 18.6. The molecule has 5 nitrogen and oxygen atoms in total. The predicted molar refractivity (Wildman–Crippen MR) is 72.8 cm³/mol. The van der Waals surface area contributed by atoms with Gasteiger partial charge < -0.3 is 19.9 Å². The minimum absolute atomic E-state index is 0.182. The summed E-state index contributed by atoms with van der Waals surface area (Å²) in [5, 5.41) is 3.15. The van der Waals surface area contributed by atoms with E-state index in [1.54, 1.807) is 0 Å². The lowest BCUT2D eigenvalue weighted by Gasteiger charge is -2.26. The first-order chi connectivity index (χ1) is 8.42. The zero-order chi connectivity index (χ0) is 13.6. The third-order valence-electron chi connectivity index (χ3n) is 2.92. The predicted octanol–water partition coefficient (Wildman–Crippen LogP) is 1.15. The van der Waals surface area contributed by atoms with Crippen LogP contribution in [-0.4, -0.2) is 67.8 Å². The number of rotatable bonds is 3. The van der Waals surface area contributed by atoms with E-state index >= 15 is 0 Å². The zero-order valence-electron chi connectivity index (χ0n) is 12.2. The summed E-state index contributed by atoms with van der Waals surface area (Å²) in [4.78, 5) is 16.2. The minimum atomic E-state index is -0.408. The molecule has 18 heavy (non-hydrogen) atoms. The Morgan fingerprint density at radius 1 is 1.22 bits per heavy atom. The van der Waals surface area contributed by atoms with Gasteiger partial charge in [0.2, 0.25) is 0 Å². The maximum Gasteiger partial charge on any atom is 0.410 e. The number of hydrogen-bond acceptors (Lipinski definition) is 4. The summed E-state index contributed by atoms with van der Waals surface area (Å²) < 4.78 is 5.41. The average Bonchev–Trinajstić information content (AvgIpc) is 2.49. The van der Waals surface area contributed by atoms with E-state index in [0.717, 1.165) is 45.7 Å². The molecule has 0 aromatic carbocycles. The Balaban J connectivity index is 2.39. The van der Waals surface area contributed by atoms with Crippen LogP contribution < -0.4 is 5.32 Å². The molecule has 1 heterocycles. The van der Waals surface area contributed by atoms with Gasteiger partial charge in [-0.2, -0.15) is 0 Å². The second-order valence-electron chi connectivity index (χ2n) is 5.77. The molecule has 5 heteroatoms. The van der Waals surface area contributed by atoms with Crippen LogP contribution >= 0.6 is 0 Å². The molecule has 0 spiro atoms. The highest BCUT2D eigenvalue weighted by atomic mass is 16.6. The molecule has 1 fully saturated rings. The maximum absolute atomic E-state index is 12.0. The van der Waals surface area contributed by atoms with Crippen molar-refractivity contribution in [2.24, 2.45) is 0 Å². The highest BCUT2D eigenvalue weighted by molar-refractivity contribution is 5.68. The number of ether oxygens (including phenoxy) is 1. The van der Waals surface area contributed by atoms with Crippen molar-refractivity contribution in [1.82, 2.24) is 15.1 Å². The number of hydrogen-bond donors (Lipinski definition) is 1. The Kier molecular flexibility index (Phi) is 5.88. The first kappa shape index (κ1) is 15.2. The first-order valence-electron chi connectivity index (χ1n) is 6.77. The van der Waals surface area contributed by atoms with Gasteiger partial charge in [-0.1, -0.05) is 0 Å². The monoisotopic (exact) mass is 257 g/mol. The van der Waals surface area contributed by atoms with Crippen molar-refractivity contribution in [3.63, 3.8) is 0 Å². The molecule has 106 valence electrons. The van der Waals surface area contributed by atoms with Crippen molar-refractivity contribution in [3.8, 4) is 0 Å². The van der Waals surface area contributed by atoms with Gasteiger partial charge in [0.05, 0.1) is 0 Å². The van der Waals surface area contributed by atoms with Crippen LogP contribution in [0.15, 0.2) is 0 Å². The average molecular weight is 257 g/mol. The lowest BCUT2D eigenvalue weighted by Crippen LogP contribution is -2.39. The number of carbonyl (C=O) groups excluding carboxylic acids is 1. The van der Waals surface area contributed by atoms with Gasteiger partial charge in [-0.15, -0.1) is 0 Å². The maximum atomic E-state index is 12.0. The van der Waals surface area contributed by atoms with Crippen molar-refractivity contribution >= 4 is 6.09 Å². The van der Waals surface area contributed by atoms with E-state index in [4.69, 9.17) is 4.74 Å². The lowest BCUT2D eigenvalue weighted by atomic mass is 10.2. The molecule has 0 unspecified atom stereocenters. The Bertz CT molecular complexity index is 263. The van der Waals surface area contributed by atoms with Crippen molar-refractivity contribution in [2.75, 3.05) is 46.3 Å². The molecule has 1 saturated heterocycles. The Labute approximate surface area is 110 Å². The van der Waals surface area contributed by atoms with Gasteiger partial charge in [-0.25, -0.2) is 4.79 Å². The number of likely N-dealkylation sites (N-methyl/N-ethyl adjacent to an activating group) is 1. The van der Waals surface area contributed by atoms with E-state index in [9.17, 15) is 4.79 Å². The summed E-state index contributed by atoms with van der Waals surface area (Å²) in [5.74, 6) is 0. The molecule has 0 bridgehead atoms. The fraction of sp³-hybridized carbons (Fsp3) is 0.923. The van der Waals surface area contributed by atoms with Crippen LogP contribution in [0.2, 0.25) is 0 Å². The SMILES string of the molecule is CNCCN1CCCN(C(=O)OC(C)(C)C)CC1. The smallest absolute Gasteiger partial charge is 0.410 e. The second kappa shape index (κ2) is 6.95. The van der Waals surface area contributed by atoms with E-state index in [1.165, 1.54) is 0 Å². The summed E-state index contributed by atoms with van der Waals surface area (Å²) in [6.07, 6.45) is 0.834. The van der Waals surface area contributed by atoms with Gasteiger partial charge in [-0.05, 0) is 40.8 Å². The number of carbonyl (C=O) groups is 1. The quantitative estimate of drug-likeness (QED) is 0.824. The lowest BCUT2D eigenvalue weighted by molar-refractivity contribution is 0.0258. The third kappa shape index (κ3) is 5.69. The molecule has 1 amide bonds. The molecule has 0 atom stereocenters. The fourth-order valence-corrected chi connectivity index (χ4v) is 1.97. The molecule has 1 aliphatic rings. The van der Waals surface area contributed by atoms with E-state index in [1.807, 2.05) is 32.7 Å². The summed E-state index contributed by atoms with van der Waals surface area (Å²) in [5.41, 5.74) is -0.408. The molecular weight excluding hydrogens is 230 g/mol. The van der Waals surface area contributed by atoms with Crippen LogP contribution in [0.3, 0.4) is 0 Å². The van der Waals surface area contributed by atoms with Gasteiger partial charge >= 0.3 is 6.09 Å². The second-order valence-corrected chi connectivity index (χ2v) is 5.77. The van der Waals surface area contributed by atoms with Crippen LogP contribution in [0.25, 0.3) is 0 Å². The minimum Gasteiger partial charge on any atom is -0.444 e. The van der Waals surface area contributed by atoms with Crippen LogP contribution in [0, 0.1) is 0 Å². The van der Waals surface area contributed by atoms with Crippen LogP contribution in [-0.2, 0) is 4.74 Å². The number of nitrogens with zero attached hydrogens (tertiary/aromatic N) is 2. The van der Waals surface area contributed by atoms with Crippen LogP contribution in [0.5, 0.6) is 0 Å². The fourth-order valence-electron chi connectivity index (χ4n) is 1.97. The summed E-state index contributed by atoms with van der Waals surface area (Å²) in [6, 6.07) is 0. The first-order valence-corrected chi connectivity index (χ1v) is 6.77. The Hall–Kier alpha value is -0.810. The molecule has 0 saturated carbocycles. The number of nitrogens with one attached hydrogen (secondary N) is 1. The topological polar surface area (TPSA) is 44.8 Å². The number of amides is 1. The van der Waals surface area contributed by atoms with Crippen LogP contribution in [0.1, 0.15) is 27.2 Å². The molecular formula is C13H27N3O2. The standard InChI is InChI=1S/C13H27N3O2/c1-13(2,3)18-12(17)16-8-5-7-15(10-11-16)9-6-14-4/h14H,5-11H2,1-4H3. The van der Waals surface area contributed by atoms with Crippen molar-refractivity contribution in [3.05, 3.63) is 0 Å². The summed E-state index contributed by atoms with van der Waals surface area (Å²) in [6.45, 7) is 11.3. The van der Waals surface area contributed by atoms with Gasteiger partial charge in [0.1, 0.15) is 5.60 Å². The molecule has 1 rings (SSSR count). The largest absolute Gasteiger partial charge is 0.444 e. The van der Waals surface area contributed by atoms with Crippen molar-refractivity contribution in [2.45, 2.75) is 32.8 Å². The molecule has 1 N–H and O–H groups in total. The molecule has 0 aromatic heterocycles. The highest BCUT2D eigenvalue weighted by Gasteiger charge is 2.24. The van der Waals surface area contributed by atoms with E-state index < -0.39 is 5.60 Å². The highest BCUT2D eigenvalue weighted by Crippen LogP contribution is 2.11. The van der Waals surface area contributed by atoms with Gasteiger partial charge in [0.15, 0.2) is 0 Å². The third-order valence-corrected chi connectivity index (χ3v) is 2.92. The van der Waals surface area contributed by atoms with Gasteiger partial charge in [0.25, 0.3) is 0 Å². The molecule has 0 aromatic rings.